The predicted octanol–water partition coefficient (Wildman–Crippen LogP) is 4.98. The minimum absolute atomic E-state index is 0.0723. The molecule has 1 atom stereocenters. The third kappa shape index (κ3) is 3.06. The molecule has 0 bridgehead atoms. The van der Waals surface area contributed by atoms with E-state index in [-0.39, 0.29) is 5.38 Å². The van der Waals surface area contributed by atoms with Crippen molar-refractivity contribution in [3.8, 4) is 5.75 Å². The third-order valence-corrected chi connectivity index (χ3v) is 3.95. The molecule has 2 aromatic rings. The van der Waals surface area contributed by atoms with Gasteiger partial charge in [0.05, 0.1) is 12.5 Å². The number of methoxy groups -OCH3 is 1. The van der Waals surface area contributed by atoms with Crippen molar-refractivity contribution in [2.24, 2.45) is 0 Å². The summed E-state index contributed by atoms with van der Waals surface area (Å²) in [6, 6.07) is 16.0. The Labute approximate surface area is 121 Å². The highest BCUT2D eigenvalue weighted by atomic mass is 79.9. The van der Waals surface area contributed by atoms with Crippen LogP contribution in [-0.4, -0.2) is 7.11 Å². The first-order valence-electron chi connectivity index (χ1n) is 5.72. The normalized spacial score (nSPS) is 12.2. The molecule has 0 saturated heterocycles. The van der Waals surface area contributed by atoms with Crippen LogP contribution in [0.15, 0.2) is 53.0 Å². The molecule has 2 rings (SSSR count). The van der Waals surface area contributed by atoms with Crippen LogP contribution in [0.25, 0.3) is 0 Å². The van der Waals surface area contributed by atoms with Crippen LogP contribution < -0.4 is 4.74 Å². The fraction of sp³-hybridized carbons (Fsp3) is 0.200. The molecule has 0 radical (unpaired) electrons. The second-order valence-electron chi connectivity index (χ2n) is 4.01. The van der Waals surface area contributed by atoms with Gasteiger partial charge in [0, 0.05) is 4.47 Å². The van der Waals surface area contributed by atoms with Gasteiger partial charge < -0.3 is 4.74 Å². The van der Waals surface area contributed by atoms with E-state index in [0.29, 0.717) is 0 Å². The summed E-state index contributed by atoms with van der Waals surface area (Å²) >= 11 is 10.0. The van der Waals surface area contributed by atoms with Crippen LogP contribution in [-0.2, 0) is 6.42 Å². The average Bonchev–Trinajstić information content (AvgIpc) is 2.39. The molecule has 1 nitrogen and oxygen atoms in total. The van der Waals surface area contributed by atoms with Gasteiger partial charge in [0.2, 0.25) is 0 Å². The first-order chi connectivity index (χ1) is 8.72. The lowest BCUT2D eigenvalue weighted by Gasteiger charge is -2.14. The van der Waals surface area contributed by atoms with Crippen LogP contribution in [0.4, 0.5) is 0 Å². The highest BCUT2D eigenvalue weighted by Crippen LogP contribution is 2.33. The van der Waals surface area contributed by atoms with E-state index in [1.807, 2.05) is 48.5 Å². The van der Waals surface area contributed by atoms with E-state index in [4.69, 9.17) is 16.3 Å². The number of alkyl halides is 1. The third-order valence-electron chi connectivity index (χ3n) is 2.83. The summed E-state index contributed by atoms with van der Waals surface area (Å²) in [4.78, 5) is 0. The average molecular weight is 326 g/mol. The first kappa shape index (κ1) is 13.4. The maximum Gasteiger partial charge on any atom is 0.122 e. The molecule has 94 valence electrons. The molecule has 0 heterocycles. The SMILES string of the molecule is COc1ccccc1CC(Cl)c1ccccc1Br. The zero-order chi connectivity index (χ0) is 13.0. The Balaban J connectivity index is 2.21. The van der Waals surface area contributed by atoms with E-state index in [1.54, 1.807) is 7.11 Å². The van der Waals surface area contributed by atoms with E-state index >= 15 is 0 Å². The van der Waals surface area contributed by atoms with E-state index < -0.39 is 0 Å². The molecule has 0 saturated carbocycles. The molecule has 0 amide bonds. The number of halogens is 2. The molecule has 0 aliphatic carbocycles. The van der Waals surface area contributed by atoms with Crippen LogP contribution >= 0.6 is 27.5 Å². The van der Waals surface area contributed by atoms with E-state index in [2.05, 4.69) is 15.9 Å². The molecular formula is C15H14BrClO. The van der Waals surface area contributed by atoms with Crippen LogP contribution in [0.3, 0.4) is 0 Å². The molecule has 1 unspecified atom stereocenters. The number of para-hydroxylation sites is 1. The minimum Gasteiger partial charge on any atom is -0.496 e. The van der Waals surface area contributed by atoms with Crippen LogP contribution in [0.5, 0.6) is 5.75 Å². The summed E-state index contributed by atoms with van der Waals surface area (Å²) in [5.41, 5.74) is 2.22. The predicted molar refractivity (Wildman–Crippen MR) is 79.4 cm³/mol. The number of ether oxygens (including phenoxy) is 1. The second-order valence-corrected chi connectivity index (χ2v) is 5.39. The standard InChI is InChI=1S/C15H14BrClO/c1-18-15-9-5-2-6-11(15)10-14(17)12-7-3-4-8-13(12)16/h2-9,14H,10H2,1H3. The Morgan fingerprint density at radius 2 is 1.78 bits per heavy atom. The van der Waals surface area contributed by atoms with Crippen molar-refractivity contribution in [2.75, 3.05) is 7.11 Å². The minimum atomic E-state index is -0.0723. The lowest BCUT2D eigenvalue weighted by Crippen LogP contribution is -1.99. The van der Waals surface area contributed by atoms with Gasteiger partial charge in [-0.3, -0.25) is 0 Å². The van der Waals surface area contributed by atoms with Crippen molar-refractivity contribution in [1.82, 2.24) is 0 Å². The zero-order valence-corrected chi connectivity index (χ0v) is 12.4. The fourth-order valence-corrected chi connectivity index (χ4v) is 2.95. The highest BCUT2D eigenvalue weighted by molar-refractivity contribution is 9.10. The first-order valence-corrected chi connectivity index (χ1v) is 6.95. The number of benzene rings is 2. The lowest BCUT2D eigenvalue weighted by molar-refractivity contribution is 0.409. The molecular weight excluding hydrogens is 312 g/mol. The number of rotatable bonds is 4. The summed E-state index contributed by atoms with van der Waals surface area (Å²) in [5, 5.41) is -0.0723. The summed E-state index contributed by atoms with van der Waals surface area (Å²) < 4.78 is 6.38. The quantitative estimate of drug-likeness (QED) is 0.720. The number of hydrogen-bond donors (Lipinski definition) is 0. The summed E-state index contributed by atoms with van der Waals surface area (Å²) in [5.74, 6) is 0.884. The fourth-order valence-electron chi connectivity index (χ4n) is 1.90. The molecule has 0 aliphatic rings. The molecule has 3 heteroatoms. The van der Waals surface area contributed by atoms with Gasteiger partial charge in [-0.2, -0.15) is 0 Å². The Morgan fingerprint density at radius 3 is 2.50 bits per heavy atom. The van der Waals surface area contributed by atoms with E-state index in [9.17, 15) is 0 Å². The van der Waals surface area contributed by atoms with Crippen LogP contribution in [0, 0.1) is 0 Å². The topological polar surface area (TPSA) is 9.23 Å². The Kier molecular flexibility index (Phi) is 4.67. The van der Waals surface area contributed by atoms with Crippen molar-refractivity contribution in [2.45, 2.75) is 11.8 Å². The zero-order valence-electron chi connectivity index (χ0n) is 10.1. The molecule has 0 N–H and O–H groups in total. The summed E-state index contributed by atoms with van der Waals surface area (Å²) in [7, 11) is 1.68. The molecule has 0 aliphatic heterocycles. The van der Waals surface area contributed by atoms with Gasteiger partial charge in [-0.25, -0.2) is 0 Å². The largest absolute Gasteiger partial charge is 0.496 e. The molecule has 18 heavy (non-hydrogen) atoms. The molecule has 2 aromatic carbocycles. The molecule has 0 aromatic heterocycles. The molecule has 0 spiro atoms. The lowest BCUT2D eigenvalue weighted by atomic mass is 10.0. The van der Waals surface area contributed by atoms with Crippen molar-refractivity contribution in [3.05, 3.63) is 64.1 Å². The Bertz CT molecular complexity index is 527. The highest BCUT2D eigenvalue weighted by Gasteiger charge is 2.14. The van der Waals surface area contributed by atoms with Gasteiger partial charge in [-0.1, -0.05) is 52.3 Å². The van der Waals surface area contributed by atoms with Crippen molar-refractivity contribution in [1.29, 1.82) is 0 Å². The summed E-state index contributed by atoms with van der Waals surface area (Å²) in [6.07, 6.45) is 0.744. The van der Waals surface area contributed by atoms with Crippen LogP contribution in [0.1, 0.15) is 16.5 Å². The smallest absolute Gasteiger partial charge is 0.122 e. The van der Waals surface area contributed by atoms with Crippen molar-refractivity contribution in [3.63, 3.8) is 0 Å². The Hall–Kier alpha value is -0.990. The van der Waals surface area contributed by atoms with Gasteiger partial charge in [0.1, 0.15) is 5.75 Å². The van der Waals surface area contributed by atoms with Gasteiger partial charge in [0.15, 0.2) is 0 Å². The van der Waals surface area contributed by atoms with Gasteiger partial charge in [0.25, 0.3) is 0 Å². The number of hydrogen-bond acceptors (Lipinski definition) is 1. The van der Waals surface area contributed by atoms with Crippen molar-refractivity contribution >= 4 is 27.5 Å². The maximum atomic E-state index is 6.49. The monoisotopic (exact) mass is 324 g/mol. The maximum absolute atomic E-state index is 6.49. The van der Waals surface area contributed by atoms with Gasteiger partial charge in [-0.05, 0) is 29.7 Å². The van der Waals surface area contributed by atoms with Crippen LogP contribution in [0.2, 0.25) is 0 Å². The second kappa shape index (κ2) is 6.26. The van der Waals surface area contributed by atoms with E-state index in [1.165, 1.54) is 0 Å². The van der Waals surface area contributed by atoms with Crippen molar-refractivity contribution < 1.29 is 4.74 Å². The summed E-state index contributed by atoms with van der Waals surface area (Å²) in [6.45, 7) is 0. The molecule has 0 fully saturated rings. The van der Waals surface area contributed by atoms with Gasteiger partial charge >= 0.3 is 0 Å². The van der Waals surface area contributed by atoms with Gasteiger partial charge in [-0.15, -0.1) is 11.6 Å². The van der Waals surface area contributed by atoms with E-state index in [0.717, 1.165) is 27.8 Å². The Morgan fingerprint density at radius 1 is 1.11 bits per heavy atom.